The molecule has 2 amide bonds. The lowest BCUT2D eigenvalue weighted by Gasteiger charge is -2.34. The molecular formula is C18H28N4O4S. The molecule has 27 heavy (non-hydrogen) atoms. The van der Waals surface area contributed by atoms with Crippen molar-refractivity contribution in [3.63, 3.8) is 0 Å². The molecule has 1 aliphatic rings. The van der Waals surface area contributed by atoms with Crippen LogP contribution in [0.25, 0.3) is 0 Å². The molecule has 1 aliphatic heterocycles. The van der Waals surface area contributed by atoms with Crippen molar-refractivity contribution in [3.05, 3.63) is 30.3 Å². The summed E-state index contributed by atoms with van der Waals surface area (Å²) in [6, 6.07) is 8.31. The third-order valence-corrected chi connectivity index (χ3v) is 6.28. The summed E-state index contributed by atoms with van der Waals surface area (Å²) >= 11 is 0. The van der Waals surface area contributed by atoms with Gasteiger partial charge in [0.15, 0.2) is 0 Å². The third kappa shape index (κ3) is 6.02. The van der Waals surface area contributed by atoms with E-state index in [1.165, 1.54) is 4.31 Å². The molecular weight excluding hydrogens is 368 g/mol. The van der Waals surface area contributed by atoms with Crippen molar-refractivity contribution < 1.29 is 18.0 Å². The summed E-state index contributed by atoms with van der Waals surface area (Å²) in [7, 11) is -1.81. The van der Waals surface area contributed by atoms with Crippen LogP contribution in [-0.4, -0.2) is 87.2 Å². The number of carbonyl (C=O) groups is 2. The summed E-state index contributed by atoms with van der Waals surface area (Å²) in [5.74, 6) is -0.205. The molecule has 8 nitrogen and oxygen atoms in total. The topological polar surface area (TPSA) is 90.0 Å². The molecule has 1 aromatic carbocycles. The minimum Gasteiger partial charge on any atom is -0.355 e. The van der Waals surface area contributed by atoms with Gasteiger partial charge < -0.3 is 10.2 Å². The van der Waals surface area contributed by atoms with E-state index in [4.69, 9.17) is 0 Å². The minimum absolute atomic E-state index is 0.0995. The van der Waals surface area contributed by atoms with Gasteiger partial charge in [-0.25, -0.2) is 8.42 Å². The lowest BCUT2D eigenvalue weighted by molar-refractivity contribution is -0.133. The molecule has 0 saturated carbocycles. The van der Waals surface area contributed by atoms with E-state index < -0.39 is 10.0 Å². The fraction of sp³-hybridized carbons (Fsp3) is 0.556. The predicted molar refractivity (Wildman–Crippen MR) is 103 cm³/mol. The number of sulfonamides is 1. The van der Waals surface area contributed by atoms with E-state index in [0.29, 0.717) is 19.6 Å². The van der Waals surface area contributed by atoms with Crippen molar-refractivity contribution in [2.45, 2.75) is 18.2 Å². The normalized spacial score (nSPS) is 15.7. The highest BCUT2D eigenvalue weighted by atomic mass is 32.2. The van der Waals surface area contributed by atoms with Crippen LogP contribution in [0.1, 0.15) is 13.3 Å². The molecule has 0 aromatic heterocycles. The van der Waals surface area contributed by atoms with Crippen LogP contribution in [-0.2, 0) is 19.6 Å². The first-order chi connectivity index (χ1) is 12.8. The van der Waals surface area contributed by atoms with Gasteiger partial charge in [0.05, 0.1) is 18.0 Å². The quantitative estimate of drug-likeness (QED) is 0.667. The number of likely N-dealkylation sites (N-methyl/N-ethyl adjacent to an activating group) is 1. The maximum atomic E-state index is 12.6. The summed E-state index contributed by atoms with van der Waals surface area (Å²) in [6.45, 7) is 4.12. The summed E-state index contributed by atoms with van der Waals surface area (Å²) in [5.41, 5.74) is 0. The van der Waals surface area contributed by atoms with Gasteiger partial charge in [0.25, 0.3) is 0 Å². The van der Waals surface area contributed by atoms with E-state index >= 15 is 0 Å². The fourth-order valence-electron chi connectivity index (χ4n) is 2.87. The van der Waals surface area contributed by atoms with Crippen molar-refractivity contribution in [1.82, 2.24) is 19.4 Å². The van der Waals surface area contributed by atoms with Gasteiger partial charge in [-0.15, -0.1) is 0 Å². The number of benzene rings is 1. The van der Waals surface area contributed by atoms with Crippen LogP contribution < -0.4 is 5.32 Å². The summed E-state index contributed by atoms with van der Waals surface area (Å²) in [6.07, 6.45) is 0.866. The molecule has 2 rings (SSSR count). The molecule has 0 aliphatic carbocycles. The number of hydrogen-bond donors (Lipinski definition) is 1. The van der Waals surface area contributed by atoms with Crippen molar-refractivity contribution >= 4 is 21.8 Å². The summed E-state index contributed by atoms with van der Waals surface area (Å²) < 4.78 is 26.6. The zero-order valence-electron chi connectivity index (χ0n) is 15.9. The molecule has 0 bridgehead atoms. The monoisotopic (exact) mass is 396 g/mol. The highest BCUT2D eigenvalue weighted by molar-refractivity contribution is 7.89. The van der Waals surface area contributed by atoms with Gasteiger partial charge in [-0.05, 0) is 25.6 Å². The maximum Gasteiger partial charge on any atom is 0.243 e. The number of hydrogen-bond acceptors (Lipinski definition) is 5. The Morgan fingerprint density at radius 2 is 1.70 bits per heavy atom. The van der Waals surface area contributed by atoms with Gasteiger partial charge in [0, 0.05) is 32.7 Å². The Bertz CT molecular complexity index is 731. The second-order valence-corrected chi connectivity index (χ2v) is 8.56. The number of nitrogens with zero attached hydrogens (tertiary/aromatic N) is 3. The lowest BCUT2D eigenvalue weighted by atomic mass is 10.3. The van der Waals surface area contributed by atoms with E-state index in [1.807, 2.05) is 6.92 Å². The Kier molecular flexibility index (Phi) is 7.76. The zero-order valence-corrected chi connectivity index (χ0v) is 16.7. The summed E-state index contributed by atoms with van der Waals surface area (Å²) in [4.78, 5) is 27.7. The molecule has 1 N–H and O–H groups in total. The van der Waals surface area contributed by atoms with Crippen molar-refractivity contribution in [3.8, 4) is 0 Å². The third-order valence-electron chi connectivity index (χ3n) is 4.36. The molecule has 0 atom stereocenters. The van der Waals surface area contributed by atoms with E-state index in [-0.39, 0.29) is 42.9 Å². The molecule has 1 heterocycles. The first-order valence-corrected chi connectivity index (χ1v) is 10.6. The Labute approximate surface area is 161 Å². The number of carbonyl (C=O) groups excluding carboxylic acids is 2. The van der Waals surface area contributed by atoms with E-state index in [0.717, 1.165) is 6.42 Å². The number of piperazine rings is 1. The number of nitrogens with one attached hydrogen (secondary N) is 1. The summed E-state index contributed by atoms with van der Waals surface area (Å²) in [5, 5.41) is 2.78. The van der Waals surface area contributed by atoms with E-state index in [9.17, 15) is 18.0 Å². The second-order valence-electron chi connectivity index (χ2n) is 6.62. The molecule has 1 aromatic rings. The van der Waals surface area contributed by atoms with Crippen LogP contribution in [0.15, 0.2) is 35.2 Å². The fourth-order valence-corrected chi connectivity index (χ4v) is 4.31. The van der Waals surface area contributed by atoms with Crippen LogP contribution in [0.3, 0.4) is 0 Å². The molecule has 150 valence electrons. The van der Waals surface area contributed by atoms with Gasteiger partial charge in [-0.3, -0.25) is 14.5 Å². The second kappa shape index (κ2) is 9.82. The predicted octanol–water partition coefficient (Wildman–Crippen LogP) is -0.0225. The average Bonchev–Trinajstić information content (AvgIpc) is 2.67. The van der Waals surface area contributed by atoms with Crippen molar-refractivity contribution in [1.29, 1.82) is 0 Å². The van der Waals surface area contributed by atoms with Crippen LogP contribution in [0.4, 0.5) is 0 Å². The Morgan fingerprint density at radius 1 is 1.07 bits per heavy atom. The Hall–Kier alpha value is -1.97. The van der Waals surface area contributed by atoms with Crippen LogP contribution in [0.2, 0.25) is 0 Å². The number of rotatable bonds is 8. The average molecular weight is 397 g/mol. The molecule has 1 saturated heterocycles. The van der Waals surface area contributed by atoms with Crippen molar-refractivity contribution in [2.75, 3.05) is 52.9 Å². The van der Waals surface area contributed by atoms with Crippen molar-refractivity contribution in [2.24, 2.45) is 0 Å². The van der Waals surface area contributed by atoms with Crippen LogP contribution in [0, 0.1) is 0 Å². The standard InChI is InChI=1S/C18H28N4O4S/c1-3-9-19-17(23)14-20(2)15-18(24)21-10-12-22(13-11-21)27(25,26)16-7-5-4-6-8-16/h4-8H,3,9-15H2,1-2H3,(H,19,23). The van der Waals surface area contributed by atoms with Gasteiger partial charge in [-0.1, -0.05) is 25.1 Å². The zero-order chi connectivity index (χ0) is 19.9. The van der Waals surface area contributed by atoms with E-state index in [2.05, 4.69) is 5.32 Å². The van der Waals surface area contributed by atoms with Crippen LogP contribution >= 0.6 is 0 Å². The first-order valence-electron chi connectivity index (χ1n) is 9.12. The molecule has 0 unspecified atom stereocenters. The SMILES string of the molecule is CCCNC(=O)CN(C)CC(=O)N1CCN(S(=O)(=O)c2ccccc2)CC1. The molecule has 0 spiro atoms. The largest absolute Gasteiger partial charge is 0.355 e. The smallest absolute Gasteiger partial charge is 0.243 e. The first kappa shape index (κ1) is 21.3. The van der Waals surface area contributed by atoms with Gasteiger partial charge in [0.1, 0.15) is 0 Å². The lowest BCUT2D eigenvalue weighted by Crippen LogP contribution is -2.52. The van der Waals surface area contributed by atoms with Gasteiger partial charge >= 0.3 is 0 Å². The minimum atomic E-state index is -3.53. The highest BCUT2D eigenvalue weighted by Gasteiger charge is 2.30. The van der Waals surface area contributed by atoms with Gasteiger partial charge in [0.2, 0.25) is 21.8 Å². The molecule has 1 fully saturated rings. The maximum absolute atomic E-state index is 12.6. The van der Waals surface area contributed by atoms with Gasteiger partial charge in [-0.2, -0.15) is 4.31 Å². The molecule has 9 heteroatoms. The Balaban J connectivity index is 1.83. The van der Waals surface area contributed by atoms with E-state index in [1.54, 1.807) is 47.2 Å². The number of amides is 2. The van der Waals surface area contributed by atoms with Crippen LogP contribution in [0.5, 0.6) is 0 Å². The molecule has 0 radical (unpaired) electrons. The highest BCUT2D eigenvalue weighted by Crippen LogP contribution is 2.17. The Morgan fingerprint density at radius 3 is 2.30 bits per heavy atom.